The number of primary amides is 1. The minimum atomic E-state index is -0.405. The maximum absolute atomic E-state index is 13.5. The monoisotopic (exact) mass is 413 g/mol. The second kappa shape index (κ2) is 10.7. The Bertz CT molecular complexity index is 866. The molecular formula is C23H28FN3O3. The highest BCUT2D eigenvalue weighted by Gasteiger charge is 2.23. The summed E-state index contributed by atoms with van der Waals surface area (Å²) in [6, 6.07) is 14.0. The van der Waals surface area contributed by atoms with Crippen molar-refractivity contribution >= 4 is 17.5 Å². The number of para-hydroxylation sites is 1. The number of carbonyl (C=O) groups excluding carboxylic acids is 2. The molecule has 3 N–H and O–H groups in total. The van der Waals surface area contributed by atoms with E-state index >= 15 is 0 Å². The van der Waals surface area contributed by atoms with Gasteiger partial charge in [0.05, 0.1) is 6.61 Å². The molecule has 2 aromatic rings. The van der Waals surface area contributed by atoms with Crippen molar-refractivity contribution < 1.29 is 18.7 Å². The summed E-state index contributed by atoms with van der Waals surface area (Å²) in [6.45, 7) is 2.72. The fourth-order valence-corrected chi connectivity index (χ4v) is 3.58. The minimum Gasteiger partial charge on any atom is -0.491 e. The third-order valence-electron chi connectivity index (χ3n) is 5.25. The Kier molecular flexibility index (Phi) is 7.79. The van der Waals surface area contributed by atoms with Gasteiger partial charge in [-0.3, -0.25) is 14.5 Å². The van der Waals surface area contributed by atoms with Gasteiger partial charge in [0.2, 0.25) is 11.8 Å². The Balaban J connectivity index is 1.40. The maximum atomic E-state index is 13.5. The van der Waals surface area contributed by atoms with Gasteiger partial charge in [0.25, 0.3) is 0 Å². The van der Waals surface area contributed by atoms with Crippen molar-refractivity contribution in [1.82, 2.24) is 4.90 Å². The number of nitrogens with two attached hydrogens (primary N) is 1. The molecule has 7 heteroatoms. The van der Waals surface area contributed by atoms with Gasteiger partial charge < -0.3 is 15.8 Å². The standard InChI is InChI=1S/C23H28FN3O3/c24-20-7-1-2-8-21(20)30-14-4-9-22(28)26-19-6-3-5-17(15-19)16-27-12-10-18(11-13-27)23(25)29/h1-3,5-8,15,18H,4,9-14,16H2,(H2,25,29)(H,26,28). The molecule has 30 heavy (non-hydrogen) atoms. The molecule has 3 rings (SSSR count). The quantitative estimate of drug-likeness (QED) is 0.618. The molecule has 0 spiro atoms. The molecule has 0 aromatic heterocycles. The van der Waals surface area contributed by atoms with E-state index < -0.39 is 5.82 Å². The Hall–Kier alpha value is -2.93. The minimum absolute atomic E-state index is 0.0192. The average molecular weight is 413 g/mol. The van der Waals surface area contributed by atoms with Gasteiger partial charge in [0.15, 0.2) is 11.6 Å². The van der Waals surface area contributed by atoms with E-state index in [4.69, 9.17) is 10.5 Å². The summed E-state index contributed by atoms with van der Waals surface area (Å²) in [7, 11) is 0. The highest BCUT2D eigenvalue weighted by atomic mass is 19.1. The fraction of sp³-hybridized carbons (Fsp3) is 0.391. The first-order valence-corrected chi connectivity index (χ1v) is 10.3. The van der Waals surface area contributed by atoms with Gasteiger partial charge >= 0.3 is 0 Å². The van der Waals surface area contributed by atoms with Gasteiger partial charge in [-0.15, -0.1) is 0 Å². The number of rotatable bonds is 9. The number of piperidine rings is 1. The molecule has 0 unspecified atom stereocenters. The summed E-state index contributed by atoms with van der Waals surface area (Å²) < 4.78 is 18.9. The van der Waals surface area contributed by atoms with E-state index in [2.05, 4.69) is 10.2 Å². The van der Waals surface area contributed by atoms with Crippen LogP contribution in [0, 0.1) is 11.7 Å². The number of nitrogens with zero attached hydrogens (tertiary/aromatic N) is 1. The molecule has 0 aliphatic carbocycles. The summed E-state index contributed by atoms with van der Waals surface area (Å²) in [6.07, 6.45) is 2.37. The van der Waals surface area contributed by atoms with Crippen molar-refractivity contribution in [3.8, 4) is 5.75 Å². The second-order valence-electron chi connectivity index (χ2n) is 7.58. The fourth-order valence-electron chi connectivity index (χ4n) is 3.58. The highest BCUT2D eigenvalue weighted by molar-refractivity contribution is 5.90. The molecule has 1 fully saturated rings. The lowest BCUT2D eigenvalue weighted by Crippen LogP contribution is -2.38. The summed E-state index contributed by atoms with van der Waals surface area (Å²) in [5.41, 5.74) is 7.24. The van der Waals surface area contributed by atoms with E-state index in [1.165, 1.54) is 6.07 Å². The summed E-state index contributed by atoms with van der Waals surface area (Å²) in [5.74, 6) is -0.539. The van der Waals surface area contributed by atoms with Gasteiger partial charge in [-0.2, -0.15) is 0 Å². The van der Waals surface area contributed by atoms with Crippen LogP contribution in [0.3, 0.4) is 0 Å². The van der Waals surface area contributed by atoms with Crippen LogP contribution in [-0.4, -0.2) is 36.4 Å². The number of hydrogen-bond donors (Lipinski definition) is 2. The predicted molar refractivity (Wildman–Crippen MR) is 113 cm³/mol. The Labute approximate surface area is 176 Å². The average Bonchev–Trinajstić information content (AvgIpc) is 2.73. The molecule has 1 aliphatic heterocycles. The molecule has 160 valence electrons. The lowest BCUT2D eigenvalue weighted by Gasteiger charge is -2.30. The number of anilines is 1. The molecule has 0 radical (unpaired) electrons. The summed E-state index contributed by atoms with van der Waals surface area (Å²) >= 11 is 0. The van der Waals surface area contributed by atoms with Crippen molar-refractivity contribution in [2.75, 3.05) is 25.0 Å². The number of benzene rings is 2. The predicted octanol–water partition coefficient (Wildman–Crippen LogP) is 3.32. The number of amides is 2. The molecular weight excluding hydrogens is 385 g/mol. The van der Waals surface area contributed by atoms with Crippen LogP contribution in [0.1, 0.15) is 31.2 Å². The number of carbonyl (C=O) groups is 2. The van der Waals surface area contributed by atoms with Crippen LogP contribution >= 0.6 is 0 Å². The molecule has 1 heterocycles. The van der Waals surface area contributed by atoms with Crippen molar-refractivity contribution in [2.24, 2.45) is 11.7 Å². The topological polar surface area (TPSA) is 84.7 Å². The van der Waals surface area contributed by atoms with E-state index in [0.29, 0.717) is 12.8 Å². The highest BCUT2D eigenvalue weighted by Crippen LogP contribution is 2.20. The number of likely N-dealkylation sites (tertiary alicyclic amines) is 1. The van der Waals surface area contributed by atoms with Crippen LogP contribution in [0.5, 0.6) is 5.75 Å². The first-order chi connectivity index (χ1) is 14.5. The zero-order chi connectivity index (χ0) is 21.3. The molecule has 6 nitrogen and oxygen atoms in total. The van der Waals surface area contributed by atoms with Crippen LogP contribution in [0.4, 0.5) is 10.1 Å². The third-order valence-corrected chi connectivity index (χ3v) is 5.25. The van der Waals surface area contributed by atoms with E-state index in [0.717, 1.165) is 43.7 Å². The molecule has 0 bridgehead atoms. The molecule has 1 aliphatic rings. The number of hydrogen-bond acceptors (Lipinski definition) is 4. The maximum Gasteiger partial charge on any atom is 0.224 e. The van der Waals surface area contributed by atoms with Crippen molar-refractivity contribution in [2.45, 2.75) is 32.2 Å². The second-order valence-corrected chi connectivity index (χ2v) is 7.58. The summed E-state index contributed by atoms with van der Waals surface area (Å²) in [4.78, 5) is 25.8. The summed E-state index contributed by atoms with van der Waals surface area (Å²) in [5, 5.41) is 2.90. The zero-order valence-electron chi connectivity index (χ0n) is 17.0. The normalized spacial score (nSPS) is 15.0. The van der Waals surface area contributed by atoms with Gasteiger partial charge in [0.1, 0.15) is 0 Å². The van der Waals surface area contributed by atoms with Crippen molar-refractivity contribution in [3.05, 3.63) is 59.9 Å². The number of nitrogens with one attached hydrogen (secondary N) is 1. The van der Waals surface area contributed by atoms with Crippen LogP contribution < -0.4 is 15.8 Å². The SMILES string of the molecule is NC(=O)C1CCN(Cc2cccc(NC(=O)CCCOc3ccccc3F)c2)CC1. The van der Waals surface area contributed by atoms with Crippen molar-refractivity contribution in [1.29, 1.82) is 0 Å². The Morgan fingerprint density at radius 2 is 1.90 bits per heavy atom. The van der Waals surface area contributed by atoms with E-state index in [9.17, 15) is 14.0 Å². The lowest BCUT2D eigenvalue weighted by atomic mass is 9.96. The smallest absolute Gasteiger partial charge is 0.224 e. The number of ether oxygens (including phenoxy) is 1. The van der Waals surface area contributed by atoms with E-state index in [1.54, 1.807) is 18.2 Å². The third kappa shape index (κ3) is 6.56. The largest absolute Gasteiger partial charge is 0.491 e. The first-order valence-electron chi connectivity index (χ1n) is 10.3. The van der Waals surface area contributed by atoms with E-state index in [1.807, 2.05) is 24.3 Å². The molecule has 2 amide bonds. The van der Waals surface area contributed by atoms with E-state index in [-0.39, 0.29) is 30.1 Å². The lowest BCUT2D eigenvalue weighted by molar-refractivity contribution is -0.123. The van der Waals surface area contributed by atoms with Gasteiger partial charge in [-0.25, -0.2) is 4.39 Å². The number of halogens is 1. The molecule has 1 saturated heterocycles. The molecule has 2 aromatic carbocycles. The Morgan fingerprint density at radius 1 is 1.13 bits per heavy atom. The first kappa shape index (κ1) is 21.8. The van der Waals surface area contributed by atoms with Crippen LogP contribution in [0.2, 0.25) is 0 Å². The van der Waals surface area contributed by atoms with Crippen LogP contribution in [0.15, 0.2) is 48.5 Å². The zero-order valence-corrected chi connectivity index (χ0v) is 17.0. The molecule has 0 saturated carbocycles. The Morgan fingerprint density at radius 3 is 2.63 bits per heavy atom. The molecule has 0 atom stereocenters. The van der Waals surface area contributed by atoms with Crippen LogP contribution in [0.25, 0.3) is 0 Å². The van der Waals surface area contributed by atoms with Crippen molar-refractivity contribution in [3.63, 3.8) is 0 Å². The van der Waals surface area contributed by atoms with Gasteiger partial charge in [-0.1, -0.05) is 24.3 Å². The van der Waals surface area contributed by atoms with Gasteiger partial charge in [0, 0.05) is 24.6 Å². The van der Waals surface area contributed by atoms with Crippen LogP contribution in [-0.2, 0) is 16.1 Å². The van der Waals surface area contributed by atoms with Gasteiger partial charge in [-0.05, 0) is 62.2 Å².